The molecule has 0 spiro atoms. The maximum atomic E-state index is 6.07. The predicted octanol–water partition coefficient (Wildman–Crippen LogP) is 4.50. The number of aromatic nitrogens is 2. The third kappa shape index (κ3) is 2.36. The van der Waals surface area contributed by atoms with Crippen LogP contribution in [0.1, 0.15) is 11.3 Å². The summed E-state index contributed by atoms with van der Waals surface area (Å²) < 4.78 is 2.19. The normalized spacial score (nSPS) is 11.2. The van der Waals surface area contributed by atoms with Gasteiger partial charge in [-0.15, -0.1) is 11.3 Å². The van der Waals surface area contributed by atoms with Gasteiger partial charge in [0.1, 0.15) is 0 Å². The molecule has 0 aliphatic rings. The summed E-state index contributed by atoms with van der Waals surface area (Å²) in [5.41, 5.74) is 12.8. The molecular weight excluding hydrogens is 302 g/mol. The summed E-state index contributed by atoms with van der Waals surface area (Å²) in [7, 11) is 0. The fraction of sp³-hybridized carbons (Fsp3) is 0.105. The van der Waals surface area contributed by atoms with Crippen LogP contribution in [0, 0.1) is 6.92 Å². The summed E-state index contributed by atoms with van der Waals surface area (Å²) >= 11 is 1.65. The second-order valence-electron chi connectivity index (χ2n) is 5.58. The van der Waals surface area contributed by atoms with Gasteiger partial charge in [-0.3, -0.25) is 4.40 Å². The van der Waals surface area contributed by atoms with Crippen LogP contribution >= 0.6 is 11.3 Å². The second kappa shape index (κ2) is 5.65. The van der Waals surface area contributed by atoms with Gasteiger partial charge in [0.15, 0.2) is 4.96 Å². The first-order valence-corrected chi connectivity index (χ1v) is 8.47. The van der Waals surface area contributed by atoms with Crippen molar-refractivity contribution in [1.82, 2.24) is 9.38 Å². The van der Waals surface area contributed by atoms with Crippen molar-refractivity contribution < 1.29 is 0 Å². The van der Waals surface area contributed by atoms with Gasteiger partial charge in [-0.25, -0.2) is 4.98 Å². The lowest BCUT2D eigenvalue weighted by Gasteiger charge is -2.06. The number of imidazole rings is 1. The second-order valence-corrected chi connectivity index (χ2v) is 6.42. The molecule has 0 bridgehead atoms. The van der Waals surface area contributed by atoms with E-state index in [9.17, 15) is 0 Å². The van der Waals surface area contributed by atoms with Gasteiger partial charge in [-0.2, -0.15) is 0 Å². The Morgan fingerprint density at radius 3 is 2.43 bits per heavy atom. The topological polar surface area (TPSA) is 43.3 Å². The van der Waals surface area contributed by atoms with Crippen LogP contribution in [0.15, 0.2) is 60.0 Å². The molecule has 0 radical (unpaired) electrons. The minimum Gasteiger partial charge on any atom is -0.325 e. The first-order chi connectivity index (χ1) is 11.3. The standard InChI is InChI=1S/C19H17N3S/c1-13-7-9-14(10-8-13)17-12-23-19-21-18(16(11-20)22(17)19)15-5-3-2-4-6-15/h2-10,12H,11,20H2,1H3. The summed E-state index contributed by atoms with van der Waals surface area (Å²) in [4.78, 5) is 5.80. The summed E-state index contributed by atoms with van der Waals surface area (Å²) in [6.45, 7) is 2.56. The lowest BCUT2D eigenvalue weighted by molar-refractivity contribution is 0.973. The van der Waals surface area contributed by atoms with Crippen LogP contribution in [0.3, 0.4) is 0 Å². The van der Waals surface area contributed by atoms with E-state index in [0.717, 1.165) is 27.6 Å². The van der Waals surface area contributed by atoms with E-state index in [1.807, 2.05) is 18.2 Å². The highest BCUT2D eigenvalue weighted by Gasteiger charge is 2.17. The van der Waals surface area contributed by atoms with Gasteiger partial charge in [-0.05, 0) is 12.5 Å². The largest absolute Gasteiger partial charge is 0.325 e. The summed E-state index contributed by atoms with van der Waals surface area (Å²) in [6, 6.07) is 18.8. The average Bonchev–Trinajstić information content (AvgIpc) is 3.15. The Bertz CT molecular complexity index is 950. The van der Waals surface area contributed by atoms with Gasteiger partial charge >= 0.3 is 0 Å². The molecule has 23 heavy (non-hydrogen) atoms. The van der Waals surface area contributed by atoms with E-state index in [1.54, 1.807) is 11.3 Å². The van der Waals surface area contributed by atoms with E-state index in [4.69, 9.17) is 10.7 Å². The van der Waals surface area contributed by atoms with E-state index in [0.29, 0.717) is 6.54 Å². The third-order valence-electron chi connectivity index (χ3n) is 4.05. The van der Waals surface area contributed by atoms with Crippen molar-refractivity contribution in [3.8, 4) is 22.5 Å². The molecule has 0 saturated carbocycles. The van der Waals surface area contributed by atoms with E-state index < -0.39 is 0 Å². The van der Waals surface area contributed by atoms with Gasteiger partial charge in [0.25, 0.3) is 0 Å². The highest BCUT2D eigenvalue weighted by molar-refractivity contribution is 7.15. The molecule has 0 saturated heterocycles. The number of nitrogens with two attached hydrogens (primary N) is 1. The Morgan fingerprint density at radius 2 is 1.74 bits per heavy atom. The van der Waals surface area contributed by atoms with Crippen molar-refractivity contribution in [2.24, 2.45) is 5.73 Å². The van der Waals surface area contributed by atoms with Gasteiger partial charge < -0.3 is 5.73 Å². The number of fused-ring (bicyclic) bond motifs is 1. The molecule has 2 heterocycles. The van der Waals surface area contributed by atoms with Gasteiger partial charge in [0, 0.05) is 17.5 Å². The number of hydrogen-bond donors (Lipinski definition) is 1. The number of nitrogens with zero attached hydrogens (tertiary/aromatic N) is 2. The average molecular weight is 319 g/mol. The van der Waals surface area contributed by atoms with Crippen LogP contribution in [-0.2, 0) is 6.54 Å². The maximum Gasteiger partial charge on any atom is 0.195 e. The molecule has 2 N–H and O–H groups in total. The van der Waals surface area contributed by atoms with Crippen molar-refractivity contribution in [2.45, 2.75) is 13.5 Å². The van der Waals surface area contributed by atoms with Crippen molar-refractivity contribution in [3.63, 3.8) is 0 Å². The molecule has 0 fully saturated rings. The van der Waals surface area contributed by atoms with Crippen LogP contribution in [0.25, 0.3) is 27.5 Å². The molecule has 0 amide bonds. The fourth-order valence-electron chi connectivity index (χ4n) is 2.86. The first-order valence-electron chi connectivity index (χ1n) is 7.59. The molecule has 3 nitrogen and oxygen atoms in total. The Morgan fingerprint density at radius 1 is 1.00 bits per heavy atom. The monoisotopic (exact) mass is 319 g/mol. The van der Waals surface area contributed by atoms with Crippen LogP contribution in [0.4, 0.5) is 0 Å². The van der Waals surface area contributed by atoms with E-state index in [-0.39, 0.29) is 0 Å². The Balaban J connectivity index is 1.95. The van der Waals surface area contributed by atoms with Gasteiger partial charge in [0.2, 0.25) is 0 Å². The molecule has 0 aliphatic carbocycles. The SMILES string of the molecule is Cc1ccc(-c2csc3nc(-c4ccccc4)c(CN)n23)cc1. The highest BCUT2D eigenvalue weighted by Crippen LogP contribution is 2.32. The van der Waals surface area contributed by atoms with Crippen LogP contribution in [0.2, 0.25) is 0 Å². The fourth-order valence-corrected chi connectivity index (χ4v) is 3.77. The molecule has 2 aromatic carbocycles. The van der Waals surface area contributed by atoms with E-state index in [2.05, 4.69) is 53.1 Å². The first kappa shape index (κ1) is 14.2. The lowest BCUT2D eigenvalue weighted by atomic mass is 10.1. The van der Waals surface area contributed by atoms with Crippen LogP contribution in [0.5, 0.6) is 0 Å². The molecule has 4 heteroatoms. The van der Waals surface area contributed by atoms with Crippen LogP contribution in [-0.4, -0.2) is 9.38 Å². The Labute approximate surface area is 139 Å². The molecule has 0 unspecified atom stereocenters. The summed E-state index contributed by atoms with van der Waals surface area (Å²) in [6.07, 6.45) is 0. The zero-order chi connectivity index (χ0) is 15.8. The number of benzene rings is 2. The zero-order valence-corrected chi connectivity index (χ0v) is 13.7. The predicted molar refractivity (Wildman–Crippen MR) is 96.6 cm³/mol. The number of aryl methyl sites for hydroxylation is 1. The quantitative estimate of drug-likeness (QED) is 0.604. The summed E-state index contributed by atoms with van der Waals surface area (Å²) in [5.74, 6) is 0. The van der Waals surface area contributed by atoms with Crippen molar-refractivity contribution >= 4 is 16.3 Å². The number of rotatable bonds is 3. The van der Waals surface area contributed by atoms with Crippen LogP contribution < -0.4 is 5.73 Å². The highest BCUT2D eigenvalue weighted by atomic mass is 32.1. The third-order valence-corrected chi connectivity index (χ3v) is 4.87. The van der Waals surface area contributed by atoms with E-state index >= 15 is 0 Å². The van der Waals surface area contributed by atoms with Gasteiger partial charge in [-0.1, -0.05) is 60.2 Å². The Kier molecular flexibility index (Phi) is 3.48. The molecule has 4 rings (SSSR count). The lowest BCUT2D eigenvalue weighted by Crippen LogP contribution is -2.03. The molecule has 4 aromatic rings. The number of hydrogen-bond acceptors (Lipinski definition) is 3. The molecule has 2 aromatic heterocycles. The smallest absolute Gasteiger partial charge is 0.195 e. The number of thiazole rings is 1. The van der Waals surface area contributed by atoms with E-state index in [1.165, 1.54) is 11.1 Å². The molecular formula is C19H17N3S. The van der Waals surface area contributed by atoms with Crippen molar-refractivity contribution in [1.29, 1.82) is 0 Å². The maximum absolute atomic E-state index is 6.07. The molecule has 0 aliphatic heterocycles. The molecule has 114 valence electrons. The Hall–Kier alpha value is -2.43. The van der Waals surface area contributed by atoms with Crippen molar-refractivity contribution in [3.05, 3.63) is 71.2 Å². The minimum atomic E-state index is 0.459. The minimum absolute atomic E-state index is 0.459. The zero-order valence-electron chi connectivity index (χ0n) is 12.9. The van der Waals surface area contributed by atoms with Gasteiger partial charge in [0.05, 0.1) is 17.1 Å². The molecule has 0 atom stereocenters. The summed E-state index contributed by atoms with van der Waals surface area (Å²) in [5, 5.41) is 2.15. The van der Waals surface area contributed by atoms with Crippen molar-refractivity contribution in [2.75, 3.05) is 0 Å².